The second-order valence-corrected chi connectivity index (χ2v) is 8.85. The maximum absolute atomic E-state index is 12.7. The molecule has 1 aromatic heterocycles. The Morgan fingerprint density at radius 3 is 2.60 bits per heavy atom. The second-order valence-electron chi connectivity index (χ2n) is 7.08. The van der Waals surface area contributed by atoms with Crippen LogP contribution in [-0.2, 0) is 23.1 Å². The van der Waals surface area contributed by atoms with E-state index in [0.717, 1.165) is 22.0 Å². The molecule has 0 atom stereocenters. The molecule has 1 N–H and O–H groups in total. The van der Waals surface area contributed by atoms with E-state index in [2.05, 4.69) is 15.9 Å². The average Bonchev–Trinajstić information content (AvgIpc) is 3.11. The Balaban J connectivity index is 1.49. The summed E-state index contributed by atoms with van der Waals surface area (Å²) in [6, 6.07) is 24.1. The Hall–Kier alpha value is -3.47. The van der Waals surface area contributed by atoms with Gasteiger partial charge in [0.2, 0.25) is 10.0 Å². The molecule has 4 rings (SSSR count). The number of benzene rings is 3. The van der Waals surface area contributed by atoms with Gasteiger partial charge in [-0.1, -0.05) is 42.5 Å². The van der Waals surface area contributed by atoms with Crippen molar-refractivity contribution in [3.05, 3.63) is 95.3 Å². The Morgan fingerprint density at radius 2 is 1.80 bits per heavy atom. The summed E-state index contributed by atoms with van der Waals surface area (Å²) in [7, 11) is -3.66. The van der Waals surface area contributed by atoms with Crippen LogP contribution in [0.4, 0.5) is 0 Å². The van der Waals surface area contributed by atoms with Crippen molar-refractivity contribution in [3.63, 3.8) is 0 Å². The molecule has 3 aromatic carbocycles. The first kappa shape index (κ1) is 19.8. The second kappa shape index (κ2) is 8.11. The van der Waals surface area contributed by atoms with Crippen molar-refractivity contribution in [2.75, 3.05) is 0 Å². The van der Waals surface area contributed by atoms with Gasteiger partial charge < -0.3 is 0 Å². The molecule has 6 nitrogen and oxygen atoms in total. The number of nitrogens with one attached hydrogen (secondary N) is 1. The zero-order valence-corrected chi connectivity index (χ0v) is 17.2. The first-order chi connectivity index (χ1) is 14.4. The number of nitrogens with zero attached hydrogens (tertiary/aromatic N) is 3. The van der Waals surface area contributed by atoms with E-state index in [1.165, 1.54) is 0 Å². The van der Waals surface area contributed by atoms with Crippen LogP contribution in [0.5, 0.6) is 0 Å². The molecule has 0 unspecified atom stereocenters. The van der Waals surface area contributed by atoms with Gasteiger partial charge in [-0.3, -0.25) is 4.68 Å². The summed E-state index contributed by atoms with van der Waals surface area (Å²) in [5, 5.41) is 15.4. The lowest BCUT2D eigenvalue weighted by Gasteiger charge is -2.07. The highest BCUT2D eigenvalue weighted by atomic mass is 32.2. The van der Waals surface area contributed by atoms with Gasteiger partial charge in [-0.2, -0.15) is 10.4 Å². The Morgan fingerprint density at radius 1 is 1.00 bits per heavy atom. The van der Waals surface area contributed by atoms with Gasteiger partial charge in [-0.25, -0.2) is 13.1 Å². The fourth-order valence-electron chi connectivity index (χ4n) is 3.32. The van der Waals surface area contributed by atoms with Crippen LogP contribution in [-0.4, -0.2) is 18.2 Å². The molecular weight excluding hydrogens is 396 g/mol. The normalized spacial score (nSPS) is 11.5. The fraction of sp³-hybridized carbons (Fsp3) is 0.130. The Bertz CT molecular complexity index is 1370. The molecule has 30 heavy (non-hydrogen) atoms. The molecule has 4 aromatic rings. The first-order valence-corrected chi connectivity index (χ1v) is 10.9. The molecule has 0 spiro atoms. The van der Waals surface area contributed by atoms with Crippen molar-refractivity contribution in [2.24, 2.45) is 0 Å². The lowest BCUT2D eigenvalue weighted by Crippen LogP contribution is -2.23. The largest absolute Gasteiger partial charge is 0.265 e. The third-order valence-electron chi connectivity index (χ3n) is 4.89. The summed E-state index contributed by atoms with van der Waals surface area (Å²) in [5.74, 6) is 0. The van der Waals surface area contributed by atoms with Crippen LogP contribution >= 0.6 is 0 Å². The molecule has 0 radical (unpaired) electrons. The van der Waals surface area contributed by atoms with Gasteiger partial charge in [0.25, 0.3) is 0 Å². The number of hydrogen-bond acceptors (Lipinski definition) is 4. The number of rotatable bonds is 6. The highest BCUT2D eigenvalue weighted by molar-refractivity contribution is 7.89. The van der Waals surface area contributed by atoms with E-state index in [0.29, 0.717) is 17.8 Å². The first-order valence-electron chi connectivity index (χ1n) is 9.45. The monoisotopic (exact) mass is 416 g/mol. The van der Waals surface area contributed by atoms with Crippen LogP contribution < -0.4 is 4.72 Å². The molecule has 7 heteroatoms. The summed E-state index contributed by atoms with van der Waals surface area (Å²) in [6.45, 7) is 2.53. The molecule has 0 aliphatic heterocycles. The number of aromatic nitrogens is 2. The summed E-state index contributed by atoms with van der Waals surface area (Å²) in [4.78, 5) is 0.227. The van der Waals surface area contributed by atoms with Gasteiger partial charge in [-0.15, -0.1) is 0 Å². The molecule has 150 valence electrons. The summed E-state index contributed by atoms with van der Waals surface area (Å²) >= 11 is 0. The van der Waals surface area contributed by atoms with Gasteiger partial charge in [0.05, 0.1) is 35.3 Å². The fourth-order valence-corrected chi connectivity index (χ4v) is 4.36. The zero-order chi connectivity index (χ0) is 21.1. The number of fused-ring (bicyclic) bond motifs is 1. The van der Waals surface area contributed by atoms with Crippen molar-refractivity contribution in [2.45, 2.75) is 24.9 Å². The van der Waals surface area contributed by atoms with Crippen LogP contribution in [0, 0.1) is 18.3 Å². The van der Waals surface area contributed by atoms with Crippen molar-refractivity contribution >= 4 is 20.8 Å². The lowest BCUT2D eigenvalue weighted by molar-refractivity contribution is 0.578. The summed E-state index contributed by atoms with van der Waals surface area (Å²) in [5.41, 5.74) is 3.11. The highest BCUT2D eigenvalue weighted by Crippen LogP contribution is 2.19. The van der Waals surface area contributed by atoms with Crippen LogP contribution in [0.15, 0.2) is 77.7 Å². The van der Waals surface area contributed by atoms with Crippen LogP contribution in [0.3, 0.4) is 0 Å². The van der Waals surface area contributed by atoms with Crippen molar-refractivity contribution in [3.8, 4) is 6.07 Å². The predicted octanol–water partition coefficient (Wildman–Crippen LogP) is 3.74. The summed E-state index contributed by atoms with van der Waals surface area (Å²) in [6.07, 6.45) is 0. The molecule has 0 aliphatic carbocycles. The van der Waals surface area contributed by atoms with E-state index in [9.17, 15) is 8.42 Å². The standard InChI is InChI=1S/C23H20N4O2S/c1-17-11-22(26-27(17)16-19-6-4-5-18(12-19)14-24)15-25-30(28,29)23-10-9-20-7-2-3-8-21(20)13-23/h2-13,25H,15-16H2,1H3. The van der Waals surface area contributed by atoms with Gasteiger partial charge in [0.15, 0.2) is 0 Å². The SMILES string of the molecule is Cc1cc(CNS(=O)(=O)c2ccc3ccccc3c2)nn1Cc1cccc(C#N)c1. The van der Waals surface area contributed by atoms with E-state index in [1.807, 2.05) is 55.5 Å². The Labute approximate surface area is 175 Å². The maximum atomic E-state index is 12.7. The third-order valence-corrected chi connectivity index (χ3v) is 6.29. The molecule has 0 saturated carbocycles. The quantitative estimate of drug-likeness (QED) is 0.519. The average molecular weight is 417 g/mol. The smallest absolute Gasteiger partial charge is 0.240 e. The van der Waals surface area contributed by atoms with Crippen molar-refractivity contribution < 1.29 is 8.42 Å². The molecular formula is C23H20N4O2S. The molecule has 0 fully saturated rings. The minimum absolute atomic E-state index is 0.0984. The third kappa shape index (κ3) is 4.25. The highest BCUT2D eigenvalue weighted by Gasteiger charge is 2.15. The minimum atomic E-state index is -3.66. The van der Waals surface area contributed by atoms with Gasteiger partial charge >= 0.3 is 0 Å². The van der Waals surface area contributed by atoms with E-state index < -0.39 is 10.0 Å². The van der Waals surface area contributed by atoms with E-state index in [4.69, 9.17) is 5.26 Å². The number of hydrogen-bond donors (Lipinski definition) is 1. The van der Waals surface area contributed by atoms with E-state index in [1.54, 1.807) is 28.9 Å². The maximum Gasteiger partial charge on any atom is 0.240 e. The van der Waals surface area contributed by atoms with Crippen molar-refractivity contribution in [1.29, 1.82) is 5.26 Å². The van der Waals surface area contributed by atoms with Gasteiger partial charge in [0.1, 0.15) is 0 Å². The lowest BCUT2D eigenvalue weighted by atomic mass is 10.1. The van der Waals surface area contributed by atoms with Crippen LogP contribution in [0.25, 0.3) is 10.8 Å². The molecule has 0 saturated heterocycles. The van der Waals surface area contributed by atoms with Crippen LogP contribution in [0.2, 0.25) is 0 Å². The van der Waals surface area contributed by atoms with E-state index in [-0.39, 0.29) is 11.4 Å². The molecule has 1 heterocycles. The Kier molecular flexibility index (Phi) is 5.36. The van der Waals surface area contributed by atoms with E-state index >= 15 is 0 Å². The number of nitriles is 1. The summed E-state index contributed by atoms with van der Waals surface area (Å²) < 4.78 is 29.9. The van der Waals surface area contributed by atoms with Gasteiger partial charge in [-0.05, 0) is 53.6 Å². The predicted molar refractivity (Wildman–Crippen MR) is 115 cm³/mol. The molecule has 0 amide bonds. The molecule has 0 aliphatic rings. The minimum Gasteiger partial charge on any atom is -0.265 e. The number of aryl methyl sites for hydroxylation is 1. The topological polar surface area (TPSA) is 87.8 Å². The van der Waals surface area contributed by atoms with Gasteiger partial charge in [0, 0.05) is 5.69 Å². The molecule has 0 bridgehead atoms. The number of sulfonamides is 1. The zero-order valence-electron chi connectivity index (χ0n) is 16.4. The van der Waals surface area contributed by atoms with Crippen LogP contribution in [0.1, 0.15) is 22.5 Å². The van der Waals surface area contributed by atoms with Crippen molar-refractivity contribution in [1.82, 2.24) is 14.5 Å².